The molecule has 1 amide bonds. The van der Waals surface area contributed by atoms with Crippen molar-refractivity contribution in [2.24, 2.45) is 17.8 Å². The fourth-order valence-electron chi connectivity index (χ4n) is 4.02. The van der Waals surface area contributed by atoms with Crippen LogP contribution >= 0.6 is 11.3 Å². The molecule has 0 spiro atoms. The minimum atomic E-state index is -0.799. The summed E-state index contributed by atoms with van der Waals surface area (Å²) in [5, 5.41) is 5.41. The molecule has 1 aliphatic heterocycles. The van der Waals surface area contributed by atoms with Crippen molar-refractivity contribution in [3.63, 3.8) is 0 Å². The highest BCUT2D eigenvalue weighted by Crippen LogP contribution is 2.25. The lowest BCUT2D eigenvalue weighted by molar-refractivity contribution is -0.149. The van der Waals surface area contributed by atoms with Gasteiger partial charge in [0.15, 0.2) is 0 Å². The highest BCUT2D eigenvalue weighted by molar-refractivity contribution is 7.09. The molecule has 0 aliphatic carbocycles. The lowest BCUT2D eigenvalue weighted by Crippen LogP contribution is -2.38. The molecule has 1 aliphatic rings. The quantitative estimate of drug-likeness (QED) is 0.453. The first-order chi connectivity index (χ1) is 16.3. The third-order valence-electron chi connectivity index (χ3n) is 6.06. The highest BCUT2D eigenvalue weighted by atomic mass is 32.1. The molecule has 7 nitrogen and oxygen atoms in total. The molecule has 0 saturated heterocycles. The zero-order chi connectivity index (χ0) is 24.5. The zero-order valence-corrected chi connectivity index (χ0v) is 20.6. The molecule has 0 saturated carbocycles. The lowest BCUT2D eigenvalue weighted by atomic mass is 9.82. The van der Waals surface area contributed by atoms with E-state index in [1.807, 2.05) is 49.6 Å². The van der Waals surface area contributed by atoms with Crippen LogP contribution in [0.25, 0.3) is 0 Å². The van der Waals surface area contributed by atoms with Crippen molar-refractivity contribution in [2.45, 2.75) is 59.0 Å². The molecule has 2 bridgehead atoms. The van der Waals surface area contributed by atoms with Crippen LogP contribution in [0.15, 0.2) is 35.7 Å². The number of fused-ring (bicyclic) bond motifs is 2. The number of carbonyl (C=O) groups excluding carboxylic acids is 4. The summed E-state index contributed by atoms with van der Waals surface area (Å²) in [6.45, 7) is 4.31. The second-order valence-corrected chi connectivity index (χ2v) is 10.0. The summed E-state index contributed by atoms with van der Waals surface area (Å²) >= 11 is 1.45. The molecule has 1 aromatic carbocycles. The van der Waals surface area contributed by atoms with E-state index in [1.54, 1.807) is 0 Å². The van der Waals surface area contributed by atoms with Gasteiger partial charge in [-0.2, -0.15) is 0 Å². The molecule has 2 aromatic rings. The summed E-state index contributed by atoms with van der Waals surface area (Å²) in [7, 11) is 0. The topological polar surface area (TPSA) is 102 Å². The van der Waals surface area contributed by atoms with E-state index in [0.717, 1.165) is 35.5 Å². The largest absolute Gasteiger partial charge is 0.461 e. The molecule has 2 atom stereocenters. The van der Waals surface area contributed by atoms with E-state index < -0.39 is 29.5 Å². The van der Waals surface area contributed by atoms with Gasteiger partial charge in [-0.1, -0.05) is 44.2 Å². The molecule has 34 heavy (non-hydrogen) atoms. The van der Waals surface area contributed by atoms with E-state index in [1.165, 1.54) is 11.3 Å². The van der Waals surface area contributed by atoms with Gasteiger partial charge in [-0.05, 0) is 30.7 Å². The Morgan fingerprint density at radius 3 is 2.68 bits per heavy atom. The van der Waals surface area contributed by atoms with E-state index in [2.05, 4.69) is 10.3 Å². The summed E-state index contributed by atoms with van der Waals surface area (Å²) in [5.41, 5.74) is 1.85. The Bertz CT molecular complexity index is 1000. The second-order valence-electron chi connectivity index (χ2n) is 9.08. The minimum Gasteiger partial charge on any atom is -0.461 e. The van der Waals surface area contributed by atoms with E-state index in [0.29, 0.717) is 6.54 Å². The summed E-state index contributed by atoms with van der Waals surface area (Å²) in [4.78, 5) is 55.6. The van der Waals surface area contributed by atoms with Gasteiger partial charge >= 0.3 is 5.97 Å². The molecule has 182 valence electrons. The lowest BCUT2D eigenvalue weighted by Gasteiger charge is -2.22. The van der Waals surface area contributed by atoms with Crippen LogP contribution in [0.2, 0.25) is 0 Å². The van der Waals surface area contributed by atoms with Gasteiger partial charge in [0.1, 0.15) is 12.4 Å². The first-order valence-electron chi connectivity index (χ1n) is 11.8. The Labute approximate surface area is 204 Å². The maximum atomic E-state index is 13.2. The van der Waals surface area contributed by atoms with Crippen molar-refractivity contribution >= 4 is 34.8 Å². The van der Waals surface area contributed by atoms with Crippen LogP contribution in [0.4, 0.5) is 0 Å². The van der Waals surface area contributed by atoms with Crippen LogP contribution in [-0.4, -0.2) is 35.0 Å². The fraction of sp³-hybridized carbons (Fsp3) is 0.500. The summed E-state index contributed by atoms with van der Waals surface area (Å²) < 4.78 is 5.37. The van der Waals surface area contributed by atoms with Crippen LogP contribution < -0.4 is 5.32 Å². The van der Waals surface area contributed by atoms with Crippen molar-refractivity contribution in [1.82, 2.24) is 10.3 Å². The van der Waals surface area contributed by atoms with Crippen LogP contribution in [0, 0.1) is 17.8 Å². The van der Waals surface area contributed by atoms with E-state index in [4.69, 9.17) is 4.74 Å². The van der Waals surface area contributed by atoms with Crippen LogP contribution in [0.1, 0.15) is 55.8 Å². The van der Waals surface area contributed by atoms with Crippen LogP contribution in [0.3, 0.4) is 0 Å². The minimum absolute atomic E-state index is 0.0577. The number of thiazole rings is 1. The second kappa shape index (κ2) is 12.6. The maximum absolute atomic E-state index is 13.2. The molecular formula is C26H32N2O5S. The average molecular weight is 485 g/mol. The molecule has 1 aromatic heterocycles. The summed E-state index contributed by atoms with van der Waals surface area (Å²) in [5.74, 6) is -3.42. The van der Waals surface area contributed by atoms with E-state index >= 15 is 0 Å². The summed E-state index contributed by atoms with van der Waals surface area (Å²) in [6.07, 6.45) is 2.55. The zero-order valence-electron chi connectivity index (χ0n) is 19.7. The first kappa shape index (κ1) is 25.7. The van der Waals surface area contributed by atoms with E-state index in [-0.39, 0.29) is 37.6 Å². The number of Topliss-reactive ketones (excluding diaryl/α,β-unsaturated/α-hetero) is 2. The number of nitrogens with zero attached hydrogens (tertiary/aromatic N) is 1. The van der Waals surface area contributed by atoms with Gasteiger partial charge in [0.25, 0.3) is 5.91 Å². The number of aromatic nitrogens is 1. The molecule has 8 heteroatoms. The summed E-state index contributed by atoms with van der Waals surface area (Å²) in [6, 6.07) is 9.34. The smallest absolute Gasteiger partial charge is 0.306 e. The number of carbonyl (C=O) groups is 4. The first-order valence-corrected chi connectivity index (χ1v) is 12.7. The maximum Gasteiger partial charge on any atom is 0.306 e. The molecular weight excluding hydrogens is 452 g/mol. The number of amides is 1. The molecule has 0 fully saturated rings. The van der Waals surface area contributed by atoms with Crippen LogP contribution in [0.5, 0.6) is 0 Å². The molecule has 2 heterocycles. The van der Waals surface area contributed by atoms with Crippen molar-refractivity contribution in [1.29, 1.82) is 0 Å². The third-order valence-corrected chi connectivity index (χ3v) is 6.98. The molecule has 3 rings (SSSR count). The number of ketones is 2. The highest BCUT2D eigenvalue weighted by Gasteiger charge is 2.33. The number of hydrogen-bond acceptors (Lipinski definition) is 7. The molecule has 2 unspecified atom stereocenters. The third kappa shape index (κ3) is 7.58. The van der Waals surface area contributed by atoms with Gasteiger partial charge in [0.05, 0.1) is 17.1 Å². The predicted molar refractivity (Wildman–Crippen MR) is 129 cm³/mol. The van der Waals surface area contributed by atoms with Crippen molar-refractivity contribution in [3.8, 4) is 0 Å². The molecule has 1 N–H and O–H groups in total. The number of rotatable bonds is 8. The van der Waals surface area contributed by atoms with Crippen molar-refractivity contribution < 1.29 is 23.9 Å². The Kier molecular flexibility index (Phi) is 9.51. The predicted octanol–water partition coefficient (Wildman–Crippen LogP) is 3.69. The monoisotopic (exact) mass is 484 g/mol. The SMILES string of the molecule is CC(C)C(CC(=O)OCc1ccccc1)C(=O)CC1Cc2nc(cs2)CCCCNC(=O)C1=O. The Morgan fingerprint density at radius 1 is 1.18 bits per heavy atom. The van der Waals surface area contributed by atoms with Crippen molar-refractivity contribution in [3.05, 3.63) is 52.0 Å². The van der Waals surface area contributed by atoms with E-state index in [9.17, 15) is 19.2 Å². The van der Waals surface area contributed by atoms with Crippen molar-refractivity contribution in [2.75, 3.05) is 6.54 Å². The average Bonchev–Trinajstić information content (AvgIpc) is 3.27. The standard InChI is InChI=1S/C26H32N2O5S/c1-17(2)21(14-24(30)33-15-18-8-4-3-5-9-18)22(29)12-19-13-23-28-20(16-34-23)10-6-7-11-27-26(32)25(19)31/h3-5,8-9,16-17,19,21H,6-7,10-15H2,1-2H3,(H,27,32). The number of esters is 1. The fourth-order valence-corrected chi connectivity index (χ4v) is 4.93. The Morgan fingerprint density at radius 2 is 1.94 bits per heavy atom. The number of aryl methyl sites for hydroxylation is 1. The van der Waals surface area contributed by atoms with Gasteiger partial charge in [0, 0.05) is 36.6 Å². The number of nitrogens with one attached hydrogen (secondary N) is 1. The van der Waals surface area contributed by atoms with Gasteiger partial charge in [-0.25, -0.2) is 4.98 Å². The number of hydrogen-bond donors (Lipinski definition) is 1. The van der Waals surface area contributed by atoms with Gasteiger partial charge in [-0.3, -0.25) is 19.2 Å². The Balaban J connectivity index is 1.67. The van der Waals surface area contributed by atoms with Gasteiger partial charge < -0.3 is 10.1 Å². The van der Waals surface area contributed by atoms with Gasteiger partial charge in [-0.15, -0.1) is 11.3 Å². The number of ether oxygens (including phenoxy) is 1. The number of benzene rings is 1. The normalized spacial score (nSPS) is 17.9. The Hall–Kier alpha value is -2.87. The van der Waals surface area contributed by atoms with Crippen LogP contribution in [-0.2, 0) is 43.4 Å². The molecule has 0 radical (unpaired) electrons. The van der Waals surface area contributed by atoms with Gasteiger partial charge in [0.2, 0.25) is 5.78 Å².